The van der Waals surface area contributed by atoms with Crippen LogP contribution in [0.3, 0.4) is 0 Å². The fourth-order valence-electron chi connectivity index (χ4n) is 2.69. The molecule has 0 unspecified atom stereocenters. The smallest absolute Gasteiger partial charge is 0.263 e. The van der Waals surface area contributed by atoms with Gasteiger partial charge in [0.1, 0.15) is 4.83 Å². The molecule has 0 radical (unpaired) electrons. The van der Waals surface area contributed by atoms with Crippen LogP contribution in [-0.2, 0) is 17.9 Å². The van der Waals surface area contributed by atoms with Crippen molar-refractivity contribution in [2.24, 2.45) is 0 Å². The lowest BCUT2D eigenvalue weighted by atomic mass is 10.2. The summed E-state index contributed by atoms with van der Waals surface area (Å²) < 4.78 is 1.60. The van der Waals surface area contributed by atoms with Crippen molar-refractivity contribution in [2.75, 3.05) is 12.8 Å². The first-order valence-corrected chi connectivity index (χ1v) is 11.2. The molecule has 0 spiro atoms. The van der Waals surface area contributed by atoms with Crippen LogP contribution in [-0.4, -0.2) is 33.2 Å². The van der Waals surface area contributed by atoms with Gasteiger partial charge in [-0.2, -0.15) is 11.3 Å². The van der Waals surface area contributed by atoms with Gasteiger partial charge in [-0.25, -0.2) is 4.98 Å². The van der Waals surface area contributed by atoms with E-state index < -0.39 is 0 Å². The molecule has 0 bridgehead atoms. The van der Waals surface area contributed by atoms with Crippen molar-refractivity contribution in [3.05, 3.63) is 55.8 Å². The molecule has 27 heavy (non-hydrogen) atoms. The molecule has 0 aliphatic rings. The Kier molecular flexibility index (Phi) is 6.18. The lowest BCUT2D eigenvalue weighted by Gasteiger charge is -2.17. The average Bonchev–Trinajstić information content (AvgIpc) is 3.24. The van der Waals surface area contributed by atoms with Crippen LogP contribution in [0.5, 0.6) is 0 Å². The van der Waals surface area contributed by atoms with Gasteiger partial charge in [0.2, 0.25) is 5.91 Å². The van der Waals surface area contributed by atoms with Crippen LogP contribution < -0.4 is 5.56 Å². The molecule has 5 nitrogen and oxygen atoms in total. The van der Waals surface area contributed by atoms with Crippen molar-refractivity contribution in [3.8, 4) is 0 Å². The standard InChI is InChI=1S/C19H21N3O2S3/c1-5-7-22-18(24)16-12(2)13(3)27-17(16)20-19(22)26-11-15(23)21(4)9-14-6-8-25-10-14/h5-6,8,10H,1,7,9,11H2,2-4H3. The van der Waals surface area contributed by atoms with E-state index in [0.717, 1.165) is 20.8 Å². The Labute approximate surface area is 170 Å². The third kappa shape index (κ3) is 4.17. The Morgan fingerprint density at radius 1 is 1.44 bits per heavy atom. The summed E-state index contributed by atoms with van der Waals surface area (Å²) in [4.78, 5) is 33.6. The minimum Gasteiger partial charge on any atom is -0.341 e. The molecule has 3 aromatic heterocycles. The first-order chi connectivity index (χ1) is 12.9. The van der Waals surface area contributed by atoms with Crippen LogP contribution in [0.4, 0.5) is 0 Å². The molecule has 0 N–H and O–H groups in total. The number of thiophene rings is 2. The van der Waals surface area contributed by atoms with Gasteiger partial charge < -0.3 is 4.90 Å². The van der Waals surface area contributed by atoms with Crippen molar-refractivity contribution in [2.45, 2.75) is 32.1 Å². The third-order valence-electron chi connectivity index (χ3n) is 4.32. The maximum absolute atomic E-state index is 12.9. The summed E-state index contributed by atoms with van der Waals surface area (Å²) in [6.07, 6.45) is 1.68. The molecular formula is C19H21N3O2S3. The summed E-state index contributed by atoms with van der Waals surface area (Å²) in [5.41, 5.74) is 2.03. The first-order valence-electron chi connectivity index (χ1n) is 8.41. The van der Waals surface area contributed by atoms with E-state index >= 15 is 0 Å². The van der Waals surface area contributed by atoms with Gasteiger partial charge in [-0.1, -0.05) is 17.8 Å². The maximum Gasteiger partial charge on any atom is 0.263 e. The highest BCUT2D eigenvalue weighted by Crippen LogP contribution is 2.28. The number of hydrogen-bond donors (Lipinski definition) is 0. The summed E-state index contributed by atoms with van der Waals surface area (Å²) in [7, 11) is 1.79. The number of rotatable bonds is 7. The zero-order chi connectivity index (χ0) is 19.6. The number of carbonyl (C=O) groups excluding carboxylic acids is 1. The Morgan fingerprint density at radius 2 is 2.22 bits per heavy atom. The number of hydrogen-bond acceptors (Lipinski definition) is 6. The Morgan fingerprint density at radius 3 is 2.89 bits per heavy atom. The van der Waals surface area contributed by atoms with Gasteiger partial charge in [0, 0.05) is 25.0 Å². The zero-order valence-corrected chi connectivity index (χ0v) is 18.0. The van der Waals surface area contributed by atoms with E-state index in [2.05, 4.69) is 11.6 Å². The summed E-state index contributed by atoms with van der Waals surface area (Å²) in [6, 6.07) is 2.01. The van der Waals surface area contributed by atoms with E-state index in [1.165, 1.54) is 23.1 Å². The number of aryl methyl sites for hydroxylation is 2. The van der Waals surface area contributed by atoms with Crippen molar-refractivity contribution >= 4 is 50.6 Å². The van der Waals surface area contributed by atoms with Crippen LogP contribution in [0.2, 0.25) is 0 Å². The molecular weight excluding hydrogens is 398 g/mol. The predicted molar refractivity (Wildman–Crippen MR) is 115 cm³/mol. The van der Waals surface area contributed by atoms with E-state index in [1.807, 2.05) is 30.7 Å². The zero-order valence-electron chi connectivity index (χ0n) is 15.5. The maximum atomic E-state index is 12.9. The molecule has 0 atom stereocenters. The Balaban J connectivity index is 1.83. The summed E-state index contributed by atoms with van der Waals surface area (Å²) >= 11 is 4.44. The van der Waals surface area contributed by atoms with Gasteiger partial charge in [0.05, 0.1) is 11.1 Å². The average molecular weight is 420 g/mol. The predicted octanol–water partition coefficient (Wildman–Crippen LogP) is 4.07. The number of nitrogens with zero attached hydrogens (tertiary/aromatic N) is 3. The van der Waals surface area contributed by atoms with Crippen molar-refractivity contribution in [3.63, 3.8) is 0 Å². The summed E-state index contributed by atoms with van der Waals surface area (Å²) in [5.74, 6) is 0.239. The van der Waals surface area contributed by atoms with Crippen LogP contribution in [0.1, 0.15) is 16.0 Å². The van der Waals surface area contributed by atoms with E-state index in [0.29, 0.717) is 23.6 Å². The number of aromatic nitrogens is 2. The molecule has 0 aliphatic heterocycles. The molecule has 8 heteroatoms. The molecule has 3 aromatic rings. The molecule has 0 saturated carbocycles. The second kappa shape index (κ2) is 8.41. The second-order valence-electron chi connectivity index (χ2n) is 6.23. The van der Waals surface area contributed by atoms with Crippen LogP contribution >= 0.6 is 34.4 Å². The van der Waals surface area contributed by atoms with Crippen molar-refractivity contribution < 1.29 is 4.79 Å². The molecule has 0 aliphatic carbocycles. The van der Waals surface area contributed by atoms with Gasteiger partial charge in [0.25, 0.3) is 5.56 Å². The normalized spacial score (nSPS) is 11.1. The molecule has 0 saturated heterocycles. The van der Waals surface area contributed by atoms with E-state index in [-0.39, 0.29) is 17.2 Å². The second-order valence-corrected chi connectivity index (χ2v) is 9.16. The largest absolute Gasteiger partial charge is 0.341 e. The Bertz CT molecular complexity index is 1030. The van der Waals surface area contributed by atoms with Gasteiger partial charge in [0.15, 0.2) is 5.16 Å². The van der Waals surface area contributed by atoms with E-state index in [4.69, 9.17) is 0 Å². The van der Waals surface area contributed by atoms with Gasteiger partial charge >= 0.3 is 0 Å². The monoisotopic (exact) mass is 419 g/mol. The number of allylic oxidation sites excluding steroid dienone is 1. The topological polar surface area (TPSA) is 55.2 Å². The van der Waals surface area contributed by atoms with Gasteiger partial charge in [-0.15, -0.1) is 17.9 Å². The lowest BCUT2D eigenvalue weighted by molar-refractivity contribution is -0.127. The first kappa shape index (κ1) is 19.9. The van der Waals surface area contributed by atoms with Crippen molar-refractivity contribution in [1.82, 2.24) is 14.5 Å². The molecule has 1 amide bonds. The molecule has 0 fully saturated rings. The van der Waals surface area contributed by atoms with Crippen molar-refractivity contribution in [1.29, 1.82) is 0 Å². The summed E-state index contributed by atoms with van der Waals surface area (Å²) in [5, 5.41) is 5.27. The highest BCUT2D eigenvalue weighted by atomic mass is 32.2. The van der Waals surface area contributed by atoms with Gasteiger partial charge in [-0.3, -0.25) is 14.2 Å². The molecule has 0 aromatic carbocycles. The van der Waals surface area contributed by atoms with E-state index in [1.54, 1.807) is 33.9 Å². The lowest BCUT2D eigenvalue weighted by Crippen LogP contribution is -2.28. The SMILES string of the molecule is C=CCn1c(SCC(=O)N(C)Cc2ccsc2)nc2sc(C)c(C)c2c1=O. The molecule has 3 heterocycles. The molecule has 3 rings (SSSR count). The quantitative estimate of drug-likeness (QED) is 0.329. The fourth-order valence-corrected chi connectivity index (χ4v) is 5.37. The highest BCUT2D eigenvalue weighted by Gasteiger charge is 2.18. The van der Waals surface area contributed by atoms with Gasteiger partial charge in [-0.05, 0) is 41.8 Å². The molecule has 142 valence electrons. The summed E-state index contributed by atoms with van der Waals surface area (Å²) in [6.45, 7) is 8.64. The number of fused-ring (bicyclic) bond motifs is 1. The Hall–Kier alpha value is -1.90. The number of thioether (sulfide) groups is 1. The highest BCUT2D eigenvalue weighted by molar-refractivity contribution is 7.99. The minimum absolute atomic E-state index is 0.00393. The van der Waals surface area contributed by atoms with Crippen LogP contribution in [0.15, 0.2) is 39.4 Å². The number of carbonyl (C=O) groups is 1. The van der Waals surface area contributed by atoms with Crippen LogP contribution in [0, 0.1) is 13.8 Å². The fraction of sp³-hybridized carbons (Fsp3) is 0.316. The number of amides is 1. The van der Waals surface area contributed by atoms with E-state index in [9.17, 15) is 9.59 Å². The van der Waals surface area contributed by atoms with Crippen LogP contribution in [0.25, 0.3) is 10.2 Å². The third-order valence-corrected chi connectivity index (χ3v) is 7.11. The minimum atomic E-state index is -0.0664.